The van der Waals surface area contributed by atoms with Crippen molar-refractivity contribution in [3.63, 3.8) is 0 Å². The number of alkyl halides is 2. The van der Waals surface area contributed by atoms with Gasteiger partial charge in [0.05, 0.1) is 0 Å². The molecule has 0 fully saturated rings. The molecule has 0 unspecified atom stereocenters. The molecule has 1 aliphatic rings. The summed E-state index contributed by atoms with van der Waals surface area (Å²) in [5, 5.41) is 2.00. The van der Waals surface area contributed by atoms with Gasteiger partial charge in [-0.15, -0.1) is 0 Å². The van der Waals surface area contributed by atoms with Gasteiger partial charge in [-0.05, 0) is 17.6 Å². The van der Waals surface area contributed by atoms with Crippen LogP contribution >= 0.6 is 31.9 Å². The molecule has 0 aliphatic heterocycles. The first-order chi connectivity index (χ1) is 7.79. The summed E-state index contributed by atoms with van der Waals surface area (Å²) >= 11 is 7.19. The van der Waals surface area contributed by atoms with E-state index in [0.29, 0.717) is 0 Å². The molecule has 0 nitrogen and oxygen atoms in total. The maximum atomic E-state index is 3.59. The number of hydrogen-bond donors (Lipinski definition) is 0. The number of benzene rings is 1. The highest BCUT2D eigenvalue weighted by atomic mass is 79.9. The van der Waals surface area contributed by atoms with E-state index in [0.717, 1.165) is 17.1 Å². The largest absolute Gasteiger partial charge is 0.0918 e. The fourth-order valence-corrected chi connectivity index (χ4v) is 3.55. The molecule has 0 aromatic heterocycles. The molecule has 1 aromatic rings. The van der Waals surface area contributed by atoms with Crippen LogP contribution in [-0.4, -0.2) is 10.7 Å². The van der Waals surface area contributed by atoms with Gasteiger partial charge in [-0.1, -0.05) is 80.4 Å². The fraction of sp³-hybridized carbons (Fsp3) is 0.286. The Balaban J connectivity index is 2.20. The summed E-state index contributed by atoms with van der Waals surface area (Å²) in [5.41, 5.74) is 2.88. The Hall–Kier alpha value is -0.340. The average molecular weight is 342 g/mol. The molecule has 0 radical (unpaired) electrons. The lowest BCUT2D eigenvalue weighted by Gasteiger charge is -2.28. The van der Waals surface area contributed by atoms with Crippen molar-refractivity contribution in [2.75, 3.05) is 10.7 Å². The van der Waals surface area contributed by atoms with E-state index in [4.69, 9.17) is 0 Å². The first-order valence-electron chi connectivity index (χ1n) is 5.36. The smallest absolute Gasteiger partial charge is 0.0134 e. The second kappa shape index (κ2) is 5.33. The quantitative estimate of drug-likeness (QED) is 0.692. The molecule has 0 saturated carbocycles. The van der Waals surface area contributed by atoms with Gasteiger partial charge in [-0.3, -0.25) is 0 Å². The molecule has 0 heterocycles. The molecule has 2 heteroatoms. The van der Waals surface area contributed by atoms with Gasteiger partial charge >= 0.3 is 0 Å². The van der Waals surface area contributed by atoms with Gasteiger partial charge in [0.25, 0.3) is 0 Å². The Bertz CT molecular complexity index is 400. The molecule has 0 N–H and O–H groups in total. The van der Waals surface area contributed by atoms with Gasteiger partial charge in [-0.25, -0.2) is 0 Å². The molecule has 1 aliphatic carbocycles. The predicted octanol–water partition coefficient (Wildman–Crippen LogP) is 4.81. The van der Waals surface area contributed by atoms with Gasteiger partial charge in [0.2, 0.25) is 0 Å². The second-order valence-corrected chi connectivity index (χ2v) is 5.31. The van der Waals surface area contributed by atoms with Crippen molar-refractivity contribution in [2.45, 2.75) is 6.42 Å². The second-order valence-electron chi connectivity index (χ2n) is 4.19. The normalized spacial score (nSPS) is 18.2. The lowest BCUT2D eigenvalue weighted by Crippen LogP contribution is -2.22. The molecule has 2 rings (SSSR count). The van der Waals surface area contributed by atoms with Gasteiger partial charge in [0, 0.05) is 16.1 Å². The third kappa shape index (κ3) is 2.49. The topological polar surface area (TPSA) is 0 Å². The van der Waals surface area contributed by atoms with E-state index in [1.165, 1.54) is 11.1 Å². The Labute approximate surface area is 114 Å². The van der Waals surface area contributed by atoms with Gasteiger partial charge in [0.15, 0.2) is 0 Å². The summed E-state index contributed by atoms with van der Waals surface area (Å²) < 4.78 is 0. The maximum Gasteiger partial charge on any atom is 0.0134 e. The monoisotopic (exact) mass is 340 g/mol. The Kier molecular flexibility index (Phi) is 4.04. The molecule has 16 heavy (non-hydrogen) atoms. The van der Waals surface area contributed by atoms with Crippen molar-refractivity contribution in [2.24, 2.45) is 5.41 Å². The van der Waals surface area contributed by atoms with Crippen LogP contribution < -0.4 is 0 Å². The van der Waals surface area contributed by atoms with Gasteiger partial charge in [-0.2, -0.15) is 0 Å². The van der Waals surface area contributed by atoms with E-state index in [1.54, 1.807) is 0 Å². The predicted molar refractivity (Wildman–Crippen MR) is 78.2 cm³/mol. The van der Waals surface area contributed by atoms with Crippen LogP contribution in [0, 0.1) is 5.41 Å². The lowest BCUT2D eigenvalue weighted by atomic mass is 9.82. The zero-order chi connectivity index (χ0) is 11.4. The Morgan fingerprint density at radius 2 is 1.75 bits per heavy atom. The average Bonchev–Trinajstić information content (AvgIpc) is 2.40. The van der Waals surface area contributed by atoms with Crippen molar-refractivity contribution in [1.82, 2.24) is 0 Å². The van der Waals surface area contributed by atoms with E-state index < -0.39 is 0 Å². The summed E-state index contributed by atoms with van der Waals surface area (Å²) in [7, 11) is 0. The van der Waals surface area contributed by atoms with E-state index in [9.17, 15) is 0 Å². The molecule has 0 amide bonds. The maximum absolute atomic E-state index is 3.59. The molecule has 0 spiro atoms. The zero-order valence-corrected chi connectivity index (χ0v) is 12.2. The zero-order valence-electron chi connectivity index (χ0n) is 9.00. The first kappa shape index (κ1) is 12.1. The van der Waals surface area contributed by atoms with Crippen LogP contribution in [0.4, 0.5) is 0 Å². The third-order valence-corrected chi connectivity index (χ3v) is 5.22. The summed E-state index contributed by atoms with van der Waals surface area (Å²) in [6, 6.07) is 10.5. The summed E-state index contributed by atoms with van der Waals surface area (Å²) in [6.45, 7) is 0. The van der Waals surface area contributed by atoms with Crippen LogP contribution in [-0.2, 0) is 0 Å². The van der Waals surface area contributed by atoms with E-state index >= 15 is 0 Å². The van der Waals surface area contributed by atoms with Crippen LogP contribution in [0.2, 0.25) is 0 Å². The Morgan fingerprint density at radius 3 is 2.25 bits per heavy atom. The lowest BCUT2D eigenvalue weighted by molar-refractivity contribution is 0.516. The first-order valence-corrected chi connectivity index (χ1v) is 7.61. The summed E-state index contributed by atoms with van der Waals surface area (Å²) in [5.74, 6) is 0. The molecule has 1 aromatic carbocycles. The summed E-state index contributed by atoms with van der Waals surface area (Å²) in [6.07, 6.45) is 7.97. The van der Waals surface area contributed by atoms with Crippen molar-refractivity contribution in [1.29, 1.82) is 0 Å². The number of hydrogen-bond acceptors (Lipinski definition) is 0. The molecular formula is C14H14Br2. The Morgan fingerprint density at radius 1 is 1.06 bits per heavy atom. The summed E-state index contributed by atoms with van der Waals surface area (Å²) in [4.78, 5) is 0. The van der Waals surface area contributed by atoms with Crippen molar-refractivity contribution in [3.05, 3.63) is 54.1 Å². The minimum absolute atomic E-state index is 0.248. The molecule has 84 valence electrons. The van der Waals surface area contributed by atoms with Crippen molar-refractivity contribution >= 4 is 37.4 Å². The highest BCUT2D eigenvalue weighted by Gasteiger charge is 2.25. The standard InChI is InChI=1S/C14H14Br2/c15-10-14(11-16)8-6-13(7-9-14)12-4-2-1-3-5-12/h1-8H,9-11H2. The molecule has 0 atom stereocenters. The van der Waals surface area contributed by atoms with Crippen LogP contribution in [0.3, 0.4) is 0 Å². The fourth-order valence-electron chi connectivity index (χ4n) is 1.79. The van der Waals surface area contributed by atoms with Crippen LogP contribution in [0.5, 0.6) is 0 Å². The highest BCUT2D eigenvalue weighted by Crippen LogP contribution is 2.36. The SMILES string of the molecule is BrCC1(CBr)C=CC(c2ccccc2)=CC1. The third-order valence-electron chi connectivity index (χ3n) is 2.98. The number of allylic oxidation sites excluding steroid dienone is 4. The van der Waals surface area contributed by atoms with Crippen molar-refractivity contribution < 1.29 is 0 Å². The van der Waals surface area contributed by atoms with Crippen LogP contribution in [0.1, 0.15) is 12.0 Å². The molecule has 0 bridgehead atoms. The number of rotatable bonds is 3. The van der Waals surface area contributed by atoms with Crippen molar-refractivity contribution in [3.8, 4) is 0 Å². The number of halogens is 2. The molecule has 0 saturated heterocycles. The van der Waals surface area contributed by atoms with Gasteiger partial charge in [0.1, 0.15) is 0 Å². The van der Waals surface area contributed by atoms with E-state index in [1.807, 2.05) is 0 Å². The van der Waals surface area contributed by atoms with Crippen LogP contribution in [0.15, 0.2) is 48.6 Å². The molecular weight excluding hydrogens is 328 g/mol. The highest BCUT2D eigenvalue weighted by molar-refractivity contribution is 9.09. The minimum atomic E-state index is 0.248. The van der Waals surface area contributed by atoms with Gasteiger partial charge < -0.3 is 0 Å². The minimum Gasteiger partial charge on any atom is -0.0918 e. The van der Waals surface area contributed by atoms with E-state index in [-0.39, 0.29) is 5.41 Å². The van der Waals surface area contributed by atoms with Crippen LogP contribution in [0.25, 0.3) is 5.57 Å². The van der Waals surface area contributed by atoms with E-state index in [2.05, 4.69) is 80.4 Å².